The molecule has 0 aliphatic rings. The van der Waals surface area contributed by atoms with E-state index in [2.05, 4.69) is 110 Å². The van der Waals surface area contributed by atoms with Crippen molar-refractivity contribution in [1.82, 2.24) is 0 Å². The average Bonchev–Trinajstić information content (AvgIpc) is 2.70. The van der Waals surface area contributed by atoms with Gasteiger partial charge in [-0.1, -0.05) is 78.9 Å². The topological polar surface area (TPSA) is 3.24 Å². The Morgan fingerprint density at radius 3 is 1.88 bits per heavy atom. The SMILES string of the molecule is CN(C)c1ccc(/C(=C\Cc2ccccc2)CCc2ccccc2)cc1. The fourth-order valence-electron chi connectivity index (χ4n) is 3.12. The van der Waals surface area contributed by atoms with Crippen molar-refractivity contribution in [2.45, 2.75) is 19.3 Å². The number of benzene rings is 3. The van der Waals surface area contributed by atoms with E-state index in [4.69, 9.17) is 0 Å². The molecule has 0 aliphatic heterocycles. The Morgan fingerprint density at radius 1 is 0.731 bits per heavy atom. The predicted molar refractivity (Wildman–Crippen MR) is 114 cm³/mol. The maximum atomic E-state index is 2.39. The summed E-state index contributed by atoms with van der Waals surface area (Å²) in [6.07, 6.45) is 5.48. The van der Waals surface area contributed by atoms with Gasteiger partial charge in [0, 0.05) is 19.8 Å². The summed E-state index contributed by atoms with van der Waals surface area (Å²) in [7, 11) is 4.16. The van der Waals surface area contributed by atoms with Crippen molar-refractivity contribution in [1.29, 1.82) is 0 Å². The minimum Gasteiger partial charge on any atom is -0.378 e. The van der Waals surface area contributed by atoms with Crippen LogP contribution in [0.15, 0.2) is 91.0 Å². The van der Waals surface area contributed by atoms with Gasteiger partial charge >= 0.3 is 0 Å². The molecule has 3 aromatic carbocycles. The first-order valence-corrected chi connectivity index (χ1v) is 9.27. The van der Waals surface area contributed by atoms with Gasteiger partial charge in [0.2, 0.25) is 0 Å². The number of hydrogen-bond donors (Lipinski definition) is 0. The lowest BCUT2D eigenvalue weighted by atomic mass is 9.96. The molecule has 1 nitrogen and oxygen atoms in total. The minimum absolute atomic E-state index is 0.973. The molecule has 0 aromatic heterocycles. The van der Waals surface area contributed by atoms with Gasteiger partial charge < -0.3 is 4.90 Å². The van der Waals surface area contributed by atoms with Gasteiger partial charge in [0.15, 0.2) is 0 Å². The van der Waals surface area contributed by atoms with E-state index in [1.165, 1.54) is 28.0 Å². The first-order chi connectivity index (χ1) is 12.7. The number of anilines is 1. The van der Waals surface area contributed by atoms with E-state index >= 15 is 0 Å². The number of aryl methyl sites for hydroxylation is 1. The van der Waals surface area contributed by atoms with Gasteiger partial charge in [-0.05, 0) is 53.7 Å². The highest BCUT2D eigenvalue weighted by molar-refractivity contribution is 5.68. The molecule has 0 N–H and O–H groups in total. The molecule has 0 saturated carbocycles. The number of nitrogens with zero attached hydrogens (tertiary/aromatic N) is 1. The van der Waals surface area contributed by atoms with Gasteiger partial charge in [-0.25, -0.2) is 0 Å². The van der Waals surface area contributed by atoms with Crippen molar-refractivity contribution < 1.29 is 0 Å². The van der Waals surface area contributed by atoms with Crippen LogP contribution in [-0.2, 0) is 12.8 Å². The average molecular weight is 341 g/mol. The molecule has 0 saturated heterocycles. The third-order valence-corrected chi connectivity index (χ3v) is 4.71. The molecule has 3 aromatic rings. The van der Waals surface area contributed by atoms with E-state index in [1.54, 1.807) is 0 Å². The maximum Gasteiger partial charge on any atom is 0.0361 e. The normalized spacial score (nSPS) is 11.4. The van der Waals surface area contributed by atoms with Gasteiger partial charge in [0.1, 0.15) is 0 Å². The number of rotatable bonds is 7. The van der Waals surface area contributed by atoms with Crippen LogP contribution in [0.25, 0.3) is 5.57 Å². The molecular weight excluding hydrogens is 314 g/mol. The molecule has 26 heavy (non-hydrogen) atoms. The fraction of sp³-hybridized carbons (Fsp3) is 0.200. The smallest absolute Gasteiger partial charge is 0.0361 e. The van der Waals surface area contributed by atoms with E-state index in [0.717, 1.165) is 19.3 Å². The Labute approximate surface area is 157 Å². The monoisotopic (exact) mass is 341 g/mol. The van der Waals surface area contributed by atoms with Crippen LogP contribution in [0.5, 0.6) is 0 Å². The summed E-state index contributed by atoms with van der Waals surface area (Å²) < 4.78 is 0. The Bertz CT molecular complexity index is 815. The Hall–Kier alpha value is -2.80. The van der Waals surface area contributed by atoms with Crippen molar-refractivity contribution in [3.63, 3.8) is 0 Å². The van der Waals surface area contributed by atoms with Crippen molar-refractivity contribution >= 4 is 11.3 Å². The molecule has 0 amide bonds. The summed E-state index contributed by atoms with van der Waals surface area (Å²) in [4.78, 5) is 2.14. The van der Waals surface area contributed by atoms with E-state index in [9.17, 15) is 0 Å². The van der Waals surface area contributed by atoms with Gasteiger partial charge in [-0.2, -0.15) is 0 Å². The molecule has 0 bridgehead atoms. The molecule has 0 spiro atoms. The maximum absolute atomic E-state index is 2.39. The zero-order valence-electron chi connectivity index (χ0n) is 15.7. The second kappa shape index (κ2) is 9.05. The van der Waals surface area contributed by atoms with Crippen LogP contribution >= 0.6 is 0 Å². The van der Waals surface area contributed by atoms with Crippen LogP contribution in [0.4, 0.5) is 5.69 Å². The van der Waals surface area contributed by atoms with Crippen molar-refractivity contribution in [3.8, 4) is 0 Å². The zero-order valence-corrected chi connectivity index (χ0v) is 15.7. The first-order valence-electron chi connectivity index (χ1n) is 9.27. The molecular formula is C25H27N. The summed E-state index contributed by atoms with van der Waals surface area (Å²) in [6.45, 7) is 0. The quantitative estimate of drug-likeness (QED) is 0.508. The van der Waals surface area contributed by atoms with E-state index in [-0.39, 0.29) is 0 Å². The summed E-state index contributed by atoms with van der Waals surface area (Å²) in [5.41, 5.74) is 6.72. The zero-order chi connectivity index (χ0) is 18.2. The van der Waals surface area contributed by atoms with E-state index in [1.807, 2.05) is 0 Å². The molecule has 0 heterocycles. The van der Waals surface area contributed by atoms with Crippen LogP contribution in [0.2, 0.25) is 0 Å². The molecule has 0 atom stereocenters. The molecule has 3 rings (SSSR count). The Kier molecular flexibility index (Phi) is 6.27. The molecule has 132 valence electrons. The number of hydrogen-bond acceptors (Lipinski definition) is 1. The summed E-state index contributed by atoms with van der Waals surface area (Å²) in [5.74, 6) is 0. The second-order valence-electron chi connectivity index (χ2n) is 6.85. The minimum atomic E-state index is 0.973. The van der Waals surface area contributed by atoms with E-state index in [0.29, 0.717) is 0 Å². The van der Waals surface area contributed by atoms with Crippen LogP contribution in [0.1, 0.15) is 23.1 Å². The standard InChI is InChI=1S/C25H27N/c1-26(2)25-19-17-24(18-20-25)23(15-13-21-9-5-3-6-10-21)16-14-22-11-7-4-8-12-22/h3-12,15,17-20H,13-14,16H2,1-2H3/b23-15-. The van der Waals surface area contributed by atoms with E-state index < -0.39 is 0 Å². The van der Waals surface area contributed by atoms with Crippen LogP contribution < -0.4 is 4.90 Å². The second-order valence-corrected chi connectivity index (χ2v) is 6.85. The Morgan fingerprint density at radius 2 is 1.31 bits per heavy atom. The lowest BCUT2D eigenvalue weighted by Crippen LogP contribution is -2.08. The lowest BCUT2D eigenvalue weighted by molar-refractivity contribution is 1.01. The highest BCUT2D eigenvalue weighted by Crippen LogP contribution is 2.24. The third-order valence-electron chi connectivity index (χ3n) is 4.71. The van der Waals surface area contributed by atoms with Crippen LogP contribution in [0, 0.1) is 0 Å². The predicted octanol–water partition coefficient (Wildman–Crippen LogP) is 6.01. The molecule has 0 aliphatic carbocycles. The highest BCUT2D eigenvalue weighted by atomic mass is 15.1. The van der Waals surface area contributed by atoms with Gasteiger partial charge in [-0.3, -0.25) is 0 Å². The molecule has 0 unspecified atom stereocenters. The van der Waals surface area contributed by atoms with Crippen LogP contribution in [-0.4, -0.2) is 14.1 Å². The van der Waals surface area contributed by atoms with Crippen LogP contribution in [0.3, 0.4) is 0 Å². The summed E-state index contributed by atoms with van der Waals surface area (Å²) in [6, 6.07) is 30.3. The van der Waals surface area contributed by atoms with Crippen molar-refractivity contribution in [3.05, 3.63) is 108 Å². The lowest BCUT2D eigenvalue weighted by Gasteiger charge is -2.14. The third kappa shape index (κ3) is 5.10. The Balaban J connectivity index is 1.80. The first kappa shape index (κ1) is 18.0. The van der Waals surface area contributed by atoms with Gasteiger partial charge in [-0.15, -0.1) is 0 Å². The van der Waals surface area contributed by atoms with Crippen molar-refractivity contribution in [2.75, 3.05) is 19.0 Å². The molecule has 0 fully saturated rings. The highest BCUT2D eigenvalue weighted by Gasteiger charge is 2.04. The van der Waals surface area contributed by atoms with Gasteiger partial charge in [0.25, 0.3) is 0 Å². The molecule has 0 radical (unpaired) electrons. The molecule has 1 heteroatoms. The van der Waals surface area contributed by atoms with Crippen molar-refractivity contribution in [2.24, 2.45) is 0 Å². The summed E-state index contributed by atoms with van der Waals surface area (Å²) >= 11 is 0. The van der Waals surface area contributed by atoms with Gasteiger partial charge in [0.05, 0.1) is 0 Å². The summed E-state index contributed by atoms with van der Waals surface area (Å²) in [5, 5.41) is 0. The number of allylic oxidation sites excluding steroid dienone is 2. The largest absolute Gasteiger partial charge is 0.378 e. The fourth-order valence-corrected chi connectivity index (χ4v) is 3.12.